The second kappa shape index (κ2) is 9.32. The van der Waals surface area contributed by atoms with Crippen LogP contribution in [0.4, 0.5) is 5.69 Å². The molecule has 0 fully saturated rings. The number of nitrogens with zero attached hydrogens (tertiary/aromatic N) is 3. The number of halogens is 1. The number of ether oxygens (including phenoxy) is 1. The number of hydrogen-bond acceptors (Lipinski definition) is 6. The van der Waals surface area contributed by atoms with Gasteiger partial charge in [0.2, 0.25) is 11.1 Å². The summed E-state index contributed by atoms with van der Waals surface area (Å²) in [6, 6.07) is 11.7. The van der Waals surface area contributed by atoms with Crippen molar-refractivity contribution in [2.45, 2.75) is 32.5 Å². The number of benzene rings is 2. The summed E-state index contributed by atoms with van der Waals surface area (Å²) >= 11 is 4.63. The van der Waals surface area contributed by atoms with E-state index in [-0.39, 0.29) is 18.3 Å². The molecule has 1 heterocycles. The number of thioether (sulfide) groups is 1. The largest absolute Gasteiger partial charge is 0.486 e. The van der Waals surface area contributed by atoms with E-state index in [1.54, 1.807) is 0 Å². The smallest absolute Gasteiger partial charge is 0.234 e. The number of carbonyl (C=O) groups excluding carboxylic acids is 1. The molecule has 152 valence electrons. The highest BCUT2D eigenvalue weighted by molar-refractivity contribution is 9.10. The molecule has 0 unspecified atom stereocenters. The summed E-state index contributed by atoms with van der Waals surface area (Å²) in [5.41, 5.74) is 4.00. The number of rotatable bonds is 7. The number of nitrogens with one attached hydrogen (secondary N) is 1. The van der Waals surface area contributed by atoms with Gasteiger partial charge in [0.1, 0.15) is 12.4 Å². The topological polar surface area (TPSA) is 95.1 Å². The molecular weight excluding hydrogens is 454 g/mol. The first kappa shape index (κ1) is 21.2. The molecule has 3 aromatic rings. The molecule has 0 saturated heterocycles. The summed E-state index contributed by atoms with van der Waals surface area (Å²) in [6.07, 6.45) is 0. The number of amides is 1. The number of hydrogen-bond donors (Lipinski definition) is 2. The van der Waals surface area contributed by atoms with Crippen LogP contribution in [-0.2, 0) is 11.4 Å². The molecule has 29 heavy (non-hydrogen) atoms. The quantitative estimate of drug-likeness (QED) is 0.396. The Hall–Kier alpha value is -2.52. The minimum absolute atomic E-state index is 0.142. The van der Waals surface area contributed by atoms with E-state index in [0.717, 1.165) is 32.6 Å². The van der Waals surface area contributed by atoms with Crippen molar-refractivity contribution < 1.29 is 9.53 Å². The lowest BCUT2D eigenvalue weighted by atomic mass is 10.1. The predicted molar refractivity (Wildman–Crippen MR) is 119 cm³/mol. The minimum atomic E-state index is -0.142. The maximum Gasteiger partial charge on any atom is 0.234 e. The Kier molecular flexibility index (Phi) is 6.81. The molecule has 3 rings (SSSR count). The van der Waals surface area contributed by atoms with Gasteiger partial charge >= 0.3 is 0 Å². The predicted octanol–water partition coefficient (Wildman–Crippen LogP) is 3.99. The van der Waals surface area contributed by atoms with Gasteiger partial charge in [-0.25, -0.2) is 4.68 Å². The van der Waals surface area contributed by atoms with Crippen LogP contribution < -0.4 is 15.9 Å². The van der Waals surface area contributed by atoms with E-state index < -0.39 is 0 Å². The summed E-state index contributed by atoms with van der Waals surface area (Å²) in [6.45, 7) is 6.16. The molecule has 7 nitrogen and oxygen atoms in total. The lowest BCUT2D eigenvalue weighted by Crippen LogP contribution is -2.18. The van der Waals surface area contributed by atoms with Crippen LogP contribution in [-0.4, -0.2) is 26.5 Å². The zero-order chi connectivity index (χ0) is 21.0. The third-order valence-corrected chi connectivity index (χ3v) is 5.53. The molecule has 1 amide bonds. The normalized spacial score (nSPS) is 10.8. The maximum atomic E-state index is 12.2. The number of anilines is 1. The molecule has 2 aromatic carbocycles. The average Bonchev–Trinajstić information content (AvgIpc) is 3.00. The molecule has 1 aromatic heterocycles. The molecule has 0 aliphatic rings. The van der Waals surface area contributed by atoms with E-state index >= 15 is 0 Å². The lowest BCUT2D eigenvalue weighted by molar-refractivity contribution is -0.113. The first-order valence-electron chi connectivity index (χ1n) is 8.91. The van der Waals surface area contributed by atoms with Crippen LogP contribution in [0, 0.1) is 20.8 Å². The van der Waals surface area contributed by atoms with Gasteiger partial charge in [-0.15, -0.1) is 10.2 Å². The summed E-state index contributed by atoms with van der Waals surface area (Å²) in [4.78, 5) is 12.2. The summed E-state index contributed by atoms with van der Waals surface area (Å²) in [7, 11) is 0. The maximum absolute atomic E-state index is 12.2. The van der Waals surface area contributed by atoms with Crippen molar-refractivity contribution >= 4 is 39.3 Å². The van der Waals surface area contributed by atoms with E-state index in [9.17, 15) is 4.79 Å². The second-order valence-electron chi connectivity index (χ2n) is 6.68. The molecule has 0 spiro atoms. The fourth-order valence-corrected chi connectivity index (χ4v) is 3.90. The monoisotopic (exact) mass is 475 g/mol. The van der Waals surface area contributed by atoms with Crippen LogP contribution >= 0.6 is 27.7 Å². The Balaban J connectivity index is 1.55. The third kappa shape index (κ3) is 5.74. The van der Waals surface area contributed by atoms with Gasteiger partial charge in [0.15, 0.2) is 5.82 Å². The van der Waals surface area contributed by atoms with Crippen molar-refractivity contribution in [2.75, 3.05) is 16.9 Å². The Bertz CT molecular complexity index is 1020. The Labute approximate surface area is 182 Å². The van der Waals surface area contributed by atoms with Crippen molar-refractivity contribution in [1.29, 1.82) is 0 Å². The Morgan fingerprint density at radius 3 is 2.59 bits per heavy atom. The van der Waals surface area contributed by atoms with Gasteiger partial charge in [0.25, 0.3) is 0 Å². The number of aromatic nitrogens is 3. The van der Waals surface area contributed by atoms with Gasteiger partial charge in [0.05, 0.1) is 5.75 Å². The first-order valence-corrected chi connectivity index (χ1v) is 10.7. The molecule has 0 aliphatic carbocycles. The molecule has 0 aliphatic heterocycles. The fraction of sp³-hybridized carbons (Fsp3) is 0.250. The van der Waals surface area contributed by atoms with E-state index in [1.165, 1.54) is 16.4 Å². The molecule has 3 N–H and O–H groups in total. The molecular formula is C20H22BrN5O2S. The van der Waals surface area contributed by atoms with Gasteiger partial charge in [-0.05, 0) is 67.8 Å². The molecule has 0 radical (unpaired) electrons. The van der Waals surface area contributed by atoms with Crippen molar-refractivity contribution in [2.24, 2.45) is 0 Å². The summed E-state index contributed by atoms with van der Waals surface area (Å²) in [5.74, 6) is 7.32. The molecule has 0 saturated carbocycles. The van der Waals surface area contributed by atoms with E-state index in [4.69, 9.17) is 10.6 Å². The average molecular weight is 476 g/mol. The zero-order valence-corrected chi connectivity index (χ0v) is 18.8. The number of aryl methyl sites for hydroxylation is 3. The minimum Gasteiger partial charge on any atom is -0.486 e. The Morgan fingerprint density at radius 1 is 1.17 bits per heavy atom. The van der Waals surface area contributed by atoms with Gasteiger partial charge in [0, 0.05) is 10.2 Å². The highest BCUT2D eigenvalue weighted by Gasteiger charge is 2.13. The van der Waals surface area contributed by atoms with Crippen LogP contribution in [0.1, 0.15) is 22.5 Å². The number of nitrogens with two attached hydrogens (primary N) is 1. The zero-order valence-electron chi connectivity index (χ0n) is 16.4. The number of nitrogen functional groups attached to an aromatic ring is 1. The van der Waals surface area contributed by atoms with Gasteiger partial charge in [-0.3, -0.25) is 4.79 Å². The highest BCUT2D eigenvalue weighted by Crippen LogP contribution is 2.22. The van der Waals surface area contributed by atoms with E-state index in [1.807, 2.05) is 51.1 Å². The Morgan fingerprint density at radius 2 is 1.90 bits per heavy atom. The molecule has 0 atom stereocenters. The van der Waals surface area contributed by atoms with Crippen molar-refractivity contribution in [3.8, 4) is 5.75 Å². The van der Waals surface area contributed by atoms with Gasteiger partial charge < -0.3 is 15.9 Å². The fourth-order valence-electron chi connectivity index (χ4n) is 2.75. The summed E-state index contributed by atoms with van der Waals surface area (Å²) < 4.78 is 8.10. The van der Waals surface area contributed by atoms with Crippen LogP contribution in [0.3, 0.4) is 0 Å². The van der Waals surface area contributed by atoms with Crippen LogP contribution in [0.25, 0.3) is 0 Å². The van der Waals surface area contributed by atoms with Gasteiger partial charge in [-0.1, -0.05) is 33.8 Å². The highest BCUT2D eigenvalue weighted by atomic mass is 79.9. The van der Waals surface area contributed by atoms with Crippen molar-refractivity contribution in [3.05, 3.63) is 63.4 Å². The standard InChI is InChI=1S/C20H22BrN5O2S/c1-12-6-13(2)8-16(7-12)28-10-18-24-25-20(26(18)22)29-11-19(27)23-17-5-4-15(21)9-14(17)3/h4-9H,10-11,22H2,1-3H3,(H,23,27). The van der Waals surface area contributed by atoms with Crippen LogP contribution in [0.15, 0.2) is 46.0 Å². The number of carbonyl (C=O) groups is 1. The molecule has 0 bridgehead atoms. The second-order valence-corrected chi connectivity index (χ2v) is 8.54. The lowest BCUT2D eigenvalue weighted by Gasteiger charge is -2.09. The summed E-state index contributed by atoms with van der Waals surface area (Å²) in [5, 5.41) is 11.5. The van der Waals surface area contributed by atoms with E-state index in [0.29, 0.717) is 11.0 Å². The van der Waals surface area contributed by atoms with E-state index in [2.05, 4.69) is 37.5 Å². The first-order chi connectivity index (χ1) is 13.8. The van der Waals surface area contributed by atoms with Crippen molar-refractivity contribution in [1.82, 2.24) is 14.9 Å². The van der Waals surface area contributed by atoms with Crippen LogP contribution in [0.5, 0.6) is 5.75 Å². The van der Waals surface area contributed by atoms with Gasteiger partial charge in [-0.2, -0.15) is 0 Å². The third-order valence-electron chi connectivity index (χ3n) is 4.09. The van der Waals surface area contributed by atoms with Crippen molar-refractivity contribution in [3.63, 3.8) is 0 Å². The SMILES string of the molecule is Cc1cc(C)cc(OCc2nnc(SCC(=O)Nc3ccc(Br)cc3C)n2N)c1. The van der Waals surface area contributed by atoms with Crippen LogP contribution in [0.2, 0.25) is 0 Å². The molecule has 9 heteroatoms.